The minimum Gasteiger partial charge on any atom is -0.339 e. The largest absolute Gasteiger partial charge is 0.339 e. The Balaban J connectivity index is 0.00000192. The molecule has 1 aromatic heterocycles. The fourth-order valence-electron chi connectivity index (χ4n) is 4.02. The molecule has 1 unspecified atom stereocenters. The summed E-state index contributed by atoms with van der Waals surface area (Å²) in [6.45, 7) is 4.83. The Morgan fingerprint density at radius 3 is 2.87 bits per heavy atom. The summed E-state index contributed by atoms with van der Waals surface area (Å²) in [5.41, 5.74) is 1.19. The van der Waals surface area contributed by atoms with Crippen molar-refractivity contribution in [3.8, 4) is 0 Å². The number of amides is 1. The molecule has 0 saturated carbocycles. The van der Waals surface area contributed by atoms with Crippen molar-refractivity contribution < 1.29 is 4.79 Å². The monoisotopic (exact) mass is 340 g/mol. The summed E-state index contributed by atoms with van der Waals surface area (Å²) in [5.74, 6) is 0.686. The Morgan fingerprint density at radius 2 is 2.17 bits per heavy atom. The van der Waals surface area contributed by atoms with Crippen molar-refractivity contribution in [3.05, 3.63) is 18.0 Å². The molecular formula is C17H29ClN4O. The summed E-state index contributed by atoms with van der Waals surface area (Å²) in [6.07, 6.45) is 9.88. The van der Waals surface area contributed by atoms with E-state index in [0.717, 1.165) is 32.5 Å². The first-order chi connectivity index (χ1) is 10.7. The van der Waals surface area contributed by atoms with Crippen molar-refractivity contribution in [2.24, 2.45) is 13.0 Å². The van der Waals surface area contributed by atoms with Gasteiger partial charge in [0, 0.05) is 44.8 Å². The number of hydrogen-bond acceptors (Lipinski definition) is 3. The van der Waals surface area contributed by atoms with Gasteiger partial charge in [0.05, 0.1) is 12.1 Å². The summed E-state index contributed by atoms with van der Waals surface area (Å²) in [7, 11) is 1.94. The molecule has 0 bridgehead atoms. The highest BCUT2D eigenvalue weighted by molar-refractivity contribution is 5.85. The maximum atomic E-state index is 13.2. The van der Waals surface area contributed by atoms with E-state index in [-0.39, 0.29) is 24.2 Å². The lowest BCUT2D eigenvalue weighted by Crippen LogP contribution is -2.44. The van der Waals surface area contributed by atoms with Crippen LogP contribution >= 0.6 is 12.4 Å². The van der Waals surface area contributed by atoms with Crippen molar-refractivity contribution in [2.75, 3.05) is 19.6 Å². The van der Waals surface area contributed by atoms with E-state index in [0.29, 0.717) is 11.9 Å². The molecule has 23 heavy (non-hydrogen) atoms. The van der Waals surface area contributed by atoms with Crippen LogP contribution in [0.3, 0.4) is 0 Å². The van der Waals surface area contributed by atoms with Gasteiger partial charge in [-0.25, -0.2) is 0 Å². The fourth-order valence-corrected chi connectivity index (χ4v) is 4.02. The van der Waals surface area contributed by atoms with Gasteiger partial charge in [-0.1, -0.05) is 19.8 Å². The van der Waals surface area contributed by atoms with Gasteiger partial charge in [0.25, 0.3) is 0 Å². The maximum Gasteiger partial charge on any atom is 0.227 e. The van der Waals surface area contributed by atoms with E-state index in [1.165, 1.54) is 24.8 Å². The number of likely N-dealkylation sites (tertiary alicyclic amines) is 1. The standard InChI is InChI=1S/C17H28N4O.ClH/c1-3-14-7-5-4-6-8-21(14)17(22)16-11-18-10-15(16)13-9-19-20(2)12-13;/h9,12,14-16,18H,3-8,10-11H2,1-2H3;1H/t14?,15-,16+;/m1./s1. The number of aromatic nitrogens is 2. The number of aryl methyl sites for hydroxylation is 1. The summed E-state index contributed by atoms with van der Waals surface area (Å²) in [6, 6.07) is 0.435. The highest BCUT2D eigenvalue weighted by atomic mass is 35.5. The van der Waals surface area contributed by atoms with Gasteiger partial charge in [-0.15, -0.1) is 12.4 Å². The number of rotatable bonds is 3. The van der Waals surface area contributed by atoms with Gasteiger partial charge >= 0.3 is 0 Å². The van der Waals surface area contributed by atoms with Crippen LogP contribution in [0.25, 0.3) is 0 Å². The Kier molecular flexibility index (Phi) is 6.48. The van der Waals surface area contributed by atoms with Gasteiger partial charge in [-0.05, 0) is 24.8 Å². The predicted molar refractivity (Wildman–Crippen MR) is 93.8 cm³/mol. The normalized spacial score (nSPS) is 28.3. The third-order valence-corrected chi connectivity index (χ3v) is 5.32. The number of carbonyl (C=O) groups is 1. The predicted octanol–water partition coefficient (Wildman–Crippen LogP) is 2.33. The molecule has 1 amide bonds. The molecule has 1 N–H and O–H groups in total. The smallest absolute Gasteiger partial charge is 0.227 e. The Morgan fingerprint density at radius 1 is 1.35 bits per heavy atom. The number of nitrogens with one attached hydrogen (secondary N) is 1. The molecule has 2 saturated heterocycles. The van der Waals surface area contributed by atoms with Gasteiger partial charge in [-0.2, -0.15) is 5.10 Å². The van der Waals surface area contributed by atoms with E-state index >= 15 is 0 Å². The zero-order chi connectivity index (χ0) is 15.5. The summed E-state index contributed by atoms with van der Waals surface area (Å²) >= 11 is 0. The third-order valence-electron chi connectivity index (χ3n) is 5.32. The van der Waals surface area contributed by atoms with E-state index < -0.39 is 0 Å². The minimum absolute atomic E-state index is 0. The fraction of sp³-hybridized carbons (Fsp3) is 0.765. The second-order valence-electron chi connectivity index (χ2n) is 6.76. The van der Waals surface area contributed by atoms with Crippen LogP contribution < -0.4 is 5.32 Å². The first-order valence-corrected chi connectivity index (χ1v) is 8.70. The van der Waals surface area contributed by atoms with E-state index in [2.05, 4.69) is 28.4 Å². The molecule has 5 nitrogen and oxygen atoms in total. The van der Waals surface area contributed by atoms with E-state index in [9.17, 15) is 4.79 Å². The lowest BCUT2D eigenvalue weighted by molar-refractivity contribution is -0.137. The average molecular weight is 341 g/mol. The molecule has 0 spiro atoms. The molecule has 0 aromatic carbocycles. The molecule has 0 radical (unpaired) electrons. The zero-order valence-electron chi connectivity index (χ0n) is 14.2. The van der Waals surface area contributed by atoms with Crippen LogP contribution in [0.4, 0.5) is 0 Å². The second-order valence-corrected chi connectivity index (χ2v) is 6.76. The van der Waals surface area contributed by atoms with Crippen molar-refractivity contribution in [1.82, 2.24) is 20.0 Å². The van der Waals surface area contributed by atoms with Crippen LogP contribution in [0.2, 0.25) is 0 Å². The Hall–Kier alpha value is -1.07. The van der Waals surface area contributed by atoms with Gasteiger partial charge in [0.15, 0.2) is 0 Å². The Bertz CT molecular complexity index is 518. The molecule has 3 heterocycles. The first kappa shape index (κ1) is 18.3. The molecule has 0 aliphatic carbocycles. The highest BCUT2D eigenvalue weighted by Crippen LogP contribution is 2.31. The molecule has 3 atom stereocenters. The minimum atomic E-state index is 0. The lowest BCUT2D eigenvalue weighted by Gasteiger charge is -2.33. The average Bonchev–Trinajstić information content (AvgIpc) is 3.09. The molecule has 1 aromatic rings. The molecule has 6 heteroatoms. The van der Waals surface area contributed by atoms with E-state index in [4.69, 9.17) is 0 Å². The molecular weight excluding hydrogens is 312 g/mol. The number of carbonyl (C=O) groups excluding carboxylic acids is 1. The molecule has 2 fully saturated rings. The molecule has 2 aliphatic heterocycles. The van der Waals surface area contributed by atoms with Crippen LogP contribution in [-0.4, -0.2) is 46.3 Å². The van der Waals surface area contributed by atoms with E-state index in [1.54, 1.807) is 0 Å². The zero-order valence-corrected chi connectivity index (χ0v) is 15.0. The Labute approximate surface area is 145 Å². The summed E-state index contributed by atoms with van der Waals surface area (Å²) in [4.78, 5) is 15.4. The molecule has 2 aliphatic rings. The van der Waals surface area contributed by atoms with E-state index in [1.807, 2.05) is 17.9 Å². The van der Waals surface area contributed by atoms with Gasteiger partial charge < -0.3 is 10.2 Å². The van der Waals surface area contributed by atoms with Crippen LogP contribution in [-0.2, 0) is 11.8 Å². The SMILES string of the molecule is CCC1CCCCCN1C(=O)[C@H]1CNC[C@@H]1c1cnn(C)c1.Cl. The van der Waals surface area contributed by atoms with Crippen LogP contribution in [0.15, 0.2) is 12.4 Å². The summed E-state index contributed by atoms with van der Waals surface area (Å²) in [5, 5.41) is 7.69. The number of hydrogen-bond donors (Lipinski definition) is 1. The first-order valence-electron chi connectivity index (χ1n) is 8.70. The maximum absolute atomic E-state index is 13.2. The number of nitrogens with zero attached hydrogens (tertiary/aromatic N) is 3. The molecule has 130 valence electrons. The summed E-state index contributed by atoms with van der Waals surface area (Å²) < 4.78 is 1.83. The lowest BCUT2D eigenvalue weighted by atomic mass is 9.89. The number of halogens is 1. The molecule has 3 rings (SSSR count). The van der Waals surface area contributed by atoms with Gasteiger partial charge in [0.2, 0.25) is 5.91 Å². The van der Waals surface area contributed by atoms with Crippen LogP contribution in [0.5, 0.6) is 0 Å². The third kappa shape index (κ3) is 3.89. The van der Waals surface area contributed by atoms with Crippen molar-refractivity contribution in [2.45, 2.75) is 51.0 Å². The van der Waals surface area contributed by atoms with Crippen molar-refractivity contribution in [1.29, 1.82) is 0 Å². The van der Waals surface area contributed by atoms with Gasteiger partial charge in [0.1, 0.15) is 0 Å². The van der Waals surface area contributed by atoms with Crippen molar-refractivity contribution >= 4 is 18.3 Å². The van der Waals surface area contributed by atoms with Crippen LogP contribution in [0, 0.1) is 5.92 Å². The quantitative estimate of drug-likeness (QED) is 0.918. The van der Waals surface area contributed by atoms with Gasteiger partial charge in [-0.3, -0.25) is 9.48 Å². The van der Waals surface area contributed by atoms with Crippen molar-refractivity contribution in [3.63, 3.8) is 0 Å². The second kappa shape index (κ2) is 8.15. The topological polar surface area (TPSA) is 50.2 Å². The highest BCUT2D eigenvalue weighted by Gasteiger charge is 2.38. The van der Waals surface area contributed by atoms with Crippen LogP contribution in [0.1, 0.15) is 50.5 Å².